The van der Waals surface area contributed by atoms with E-state index in [-0.39, 0.29) is 24.8 Å². The van der Waals surface area contributed by atoms with Crippen LogP contribution in [0.2, 0.25) is 5.02 Å². The molecule has 0 atom stereocenters. The number of hydrogen-bond donors (Lipinski definition) is 0. The standard InChI is InChI=1S/C21H22ClN3O2.2ClH/c22-17-6-7-19-18(14-17)20(26)21(27)25(19)13-12-23-8-10-24(11-9-23)15-16-4-2-1-3-5-16;;/h1-7,14H,8-13,15H2;2*1H. The number of nitrogens with zero attached hydrogens (tertiary/aromatic N) is 3. The minimum atomic E-state index is -0.458. The normalized spacial score (nSPS) is 16.9. The van der Waals surface area contributed by atoms with E-state index < -0.39 is 11.7 Å². The molecular formula is C21H24Cl3N3O2. The fourth-order valence-electron chi connectivity index (χ4n) is 3.75. The number of fused-ring (bicyclic) bond motifs is 1. The third-order valence-corrected chi connectivity index (χ3v) is 5.52. The molecule has 1 saturated heterocycles. The van der Waals surface area contributed by atoms with Gasteiger partial charge in [-0.25, -0.2) is 0 Å². The molecule has 5 nitrogen and oxygen atoms in total. The van der Waals surface area contributed by atoms with Crippen LogP contribution in [0.5, 0.6) is 0 Å². The van der Waals surface area contributed by atoms with Crippen LogP contribution in [0.1, 0.15) is 15.9 Å². The zero-order valence-corrected chi connectivity index (χ0v) is 18.3. The summed E-state index contributed by atoms with van der Waals surface area (Å²) in [4.78, 5) is 30.9. The van der Waals surface area contributed by atoms with Crippen LogP contribution in [0.25, 0.3) is 0 Å². The van der Waals surface area contributed by atoms with Crippen LogP contribution in [0.15, 0.2) is 48.5 Å². The van der Waals surface area contributed by atoms with Crippen LogP contribution in [-0.2, 0) is 11.3 Å². The van der Waals surface area contributed by atoms with E-state index in [1.165, 1.54) is 5.56 Å². The molecule has 29 heavy (non-hydrogen) atoms. The quantitative estimate of drug-likeness (QED) is 0.646. The van der Waals surface area contributed by atoms with Gasteiger partial charge >= 0.3 is 0 Å². The Balaban J connectivity index is 0.00000150. The van der Waals surface area contributed by atoms with Crippen LogP contribution in [0.4, 0.5) is 5.69 Å². The summed E-state index contributed by atoms with van der Waals surface area (Å²) in [5.41, 5.74) is 2.43. The lowest BCUT2D eigenvalue weighted by Crippen LogP contribution is -2.48. The van der Waals surface area contributed by atoms with Crippen molar-refractivity contribution in [3.05, 3.63) is 64.7 Å². The molecule has 2 aliphatic heterocycles. The maximum absolute atomic E-state index is 12.3. The first-order valence-corrected chi connectivity index (χ1v) is 9.64. The Bertz CT molecular complexity index is 856. The summed E-state index contributed by atoms with van der Waals surface area (Å²) in [6, 6.07) is 15.6. The average molecular weight is 457 g/mol. The van der Waals surface area contributed by atoms with Crippen molar-refractivity contribution < 1.29 is 9.59 Å². The summed E-state index contributed by atoms with van der Waals surface area (Å²) in [5.74, 6) is -0.907. The van der Waals surface area contributed by atoms with Gasteiger partial charge in [0.2, 0.25) is 0 Å². The molecule has 2 heterocycles. The maximum atomic E-state index is 12.3. The van der Waals surface area contributed by atoms with Gasteiger partial charge in [-0.3, -0.25) is 19.4 Å². The number of carbonyl (C=O) groups excluding carboxylic acids is 2. The molecule has 1 amide bonds. The molecule has 2 aliphatic rings. The molecular weight excluding hydrogens is 433 g/mol. The molecule has 0 N–H and O–H groups in total. The van der Waals surface area contributed by atoms with E-state index in [0.717, 1.165) is 39.3 Å². The Hall–Kier alpha value is -1.63. The Morgan fingerprint density at radius 3 is 2.17 bits per heavy atom. The summed E-state index contributed by atoms with van der Waals surface area (Å²) in [6.07, 6.45) is 0. The fourth-order valence-corrected chi connectivity index (χ4v) is 3.92. The van der Waals surface area contributed by atoms with Gasteiger partial charge in [0.15, 0.2) is 0 Å². The number of carbonyl (C=O) groups is 2. The van der Waals surface area contributed by atoms with E-state index in [1.54, 1.807) is 23.1 Å². The van der Waals surface area contributed by atoms with Gasteiger partial charge in [-0.1, -0.05) is 41.9 Å². The zero-order chi connectivity index (χ0) is 18.8. The fraction of sp³-hybridized carbons (Fsp3) is 0.333. The van der Waals surface area contributed by atoms with Gasteiger partial charge in [0, 0.05) is 50.8 Å². The van der Waals surface area contributed by atoms with Crippen molar-refractivity contribution in [2.45, 2.75) is 6.54 Å². The van der Waals surface area contributed by atoms with Crippen molar-refractivity contribution in [1.29, 1.82) is 0 Å². The second-order valence-corrected chi connectivity index (χ2v) is 7.49. The summed E-state index contributed by atoms with van der Waals surface area (Å²) in [7, 11) is 0. The molecule has 2 aromatic rings. The number of benzene rings is 2. The first kappa shape index (κ1) is 23.6. The largest absolute Gasteiger partial charge is 0.303 e. The summed E-state index contributed by atoms with van der Waals surface area (Å²) in [6.45, 7) is 6.22. The van der Waals surface area contributed by atoms with Crippen molar-refractivity contribution in [2.24, 2.45) is 0 Å². The van der Waals surface area contributed by atoms with Gasteiger partial charge in [-0.05, 0) is 23.8 Å². The molecule has 0 radical (unpaired) electrons. The predicted molar refractivity (Wildman–Crippen MR) is 121 cm³/mol. The van der Waals surface area contributed by atoms with Crippen LogP contribution in [0.3, 0.4) is 0 Å². The van der Waals surface area contributed by atoms with Gasteiger partial charge in [0.25, 0.3) is 11.7 Å². The van der Waals surface area contributed by atoms with Gasteiger partial charge in [-0.2, -0.15) is 0 Å². The molecule has 0 spiro atoms. The highest BCUT2D eigenvalue weighted by atomic mass is 35.5. The second kappa shape index (κ2) is 10.4. The summed E-state index contributed by atoms with van der Waals surface area (Å²) >= 11 is 5.96. The Kier molecular flexibility index (Phi) is 8.49. The van der Waals surface area contributed by atoms with Gasteiger partial charge in [-0.15, -0.1) is 24.8 Å². The third-order valence-electron chi connectivity index (χ3n) is 5.29. The number of anilines is 1. The smallest absolute Gasteiger partial charge is 0.299 e. The molecule has 0 saturated carbocycles. The summed E-state index contributed by atoms with van der Waals surface area (Å²) < 4.78 is 0. The molecule has 0 aliphatic carbocycles. The molecule has 0 bridgehead atoms. The molecule has 8 heteroatoms. The number of rotatable bonds is 5. The molecule has 2 aromatic carbocycles. The van der Waals surface area contributed by atoms with Crippen molar-refractivity contribution >= 4 is 53.8 Å². The highest BCUT2D eigenvalue weighted by Crippen LogP contribution is 2.31. The first-order chi connectivity index (χ1) is 13.1. The average Bonchev–Trinajstić information content (AvgIpc) is 2.92. The lowest BCUT2D eigenvalue weighted by molar-refractivity contribution is -0.114. The lowest BCUT2D eigenvalue weighted by Gasteiger charge is -2.35. The number of amides is 1. The van der Waals surface area contributed by atoms with Crippen LogP contribution >= 0.6 is 36.4 Å². The predicted octanol–water partition coefficient (Wildman–Crippen LogP) is 3.53. The zero-order valence-electron chi connectivity index (χ0n) is 15.9. The highest BCUT2D eigenvalue weighted by Gasteiger charge is 2.35. The minimum absolute atomic E-state index is 0. The van der Waals surface area contributed by atoms with Crippen LogP contribution in [0, 0.1) is 0 Å². The molecule has 1 fully saturated rings. The van der Waals surface area contributed by atoms with Gasteiger partial charge in [0.1, 0.15) is 0 Å². The molecule has 0 unspecified atom stereocenters. The Labute approximate surface area is 188 Å². The lowest BCUT2D eigenvalue weighted by atomic mass is 10.1. The number of hydrogen-bond acceptors (Lipinski definition) is 4. The Morgan fingerprint density at radius 1 is 0.828 bits per heavy atom. The number of ketones is 1. The monoisotopic (exact) mass is 455 g/mol. The van der Waals surface area contributed by atoms with Crippen LogP contribution in [-0.4, -0.2) is 60.8 Å². The first-order valence-electron chi connectivity index (χ1n) is 9.26. The topological polar surface area (TPSA) is 43.9 Å². The van der Waals surface area contributed by atoms with E-state index in [1.807, 2.05) is 6.07 Å². The summed E-state index contributed by atoms with van der Waals surface area (Å²) in [5, 5.41) is 0.478. The van der Waals surface area contributed by atoms with E-state index in [4.69, 9.17) is 11.6 Å². The minimum Gasteiger partial charge on any atom is -0.303 e. The number of piperazine rings is 1. The van der Waals surface area contributed by atoms with E-state index in [2.05, 4.69) is 34.1 Å². The Morgan fingerprint density at radius 2 is 1.48 bits per heavy atom. The van der Waals surface area contributed by atoms with E-state index in [0.29, 0.717) is 22.8 Å². The van der Waals surface area contributed by atoms with Crippen molar-refractivity contribution in [2.75, 3.05) is 44.2 Å². The van der Waals surface area contributed by atoms with Gasteiger partial charge in [0.05, 0.1) is 11.3 Å². The highest BCUT2D eigenvalue weighted by molar-refractivity contribution is 6.52. The number of halogens is 3. The van der Waals surface area contributed by atoms with Crippen molar-refractivity contribution in [3.63, 3.8) is 0 Å². The van der Waals surface area contributed by atoms with E-state index >= 15 is 0 Å². The van der Waals surface area contributed by atoms with Gasteiger partial charge < -0.3 is 4.90 Å². The van der Waals surface area contributed by atoms with E-state index in [9.17, 15) is 9.59 Å². The molecule has 4 rings (SSSR count). The maximum Gasteiger partial charge on any atom is 0.299 e. The molecule has 156 valence electrons. The third kappa shape index (κ3) is 5.30. The molecule has 0 aromatic heterocycles. The van der Waals surface area contributed by atoms with Crippen LogP contribution < -0.4 is 4.90 Å². The SMILES string of the molecule is Cl.Cl.O=C1C(=O)N(CCN2CCN(Cc3ccccc3)CC2)c2ccc(Cl)cc21. The van der Waals surface area contributed by atoms with Crippen molar-refractivity contribution in [1.82, 2.24) is 9.80 Å². The number of Topliss-reactive ketones (excluding diaryl/α,β-unsaturated/α-hetero) is 1. The van der Waals surface area contributed by atoms with Crippen molar-refractivity contribution in [3.8, 4) is 0 Å². The second-order valence-electron chi connectivity index (χ2n) is 7.05.